The second-order valence-corrected chi connectivity index (χ2v) is 5.31. The van der Waals surface area contributed by atoms with Crippen LogP contribution in [0.15, 0.2) is 18.2 Å². The molecule has 0 aromatic heterocycles. The molecule has 3 heteroatoms. The summed E-state index contributed by atoms with van der Waals surface area (Å²) in [6.45, 7) is 1.08. The molecule has 1 aliphatic heterocycles. The van der Waals surface area contributed by atoms with E-state index in [-0.39, 0.29) is 5.54 Å². The second kappa shape index (κ2) is 3.66. The summed E-state index contributed by atoms with van der Waals surface area (Å²) in [7, 11) is 2.14. The fourth-order valence-electron chi connectivity index (χ4n) is 3.24. The Kier molecular flexibility index (Phi) is 2.25. The first-order chi connectivity index (χ1) is 8.22. The van der Waals surface area contributed by atoms with Gasteiger partial charge < -0.3 is 10.2 Å². The molecule has 1 aliphatic carbocycles. The molecular weight excluding hydrogens is 210 g/mol. The van der Waals surface area contributed by atoms with Crippen LogP contribution < -0.4 is 10.2 Å². The Morgan fingerprint density at radius 3 is 2.82 bits per heavy atom. The molecule has 1 heterocycles. The van der Waals surface area contributed by atoms with Crippen LogP contribution in [0.3, 0.4) is 0 Å². The lowest BCUT2D eigenvalue weighted by Gasteiger charge is -2.42. The van der Waals surface area contributed by atoms with Crippen molar-refractivity contribution < 1.29 is 0 Å². The monoisotopic (exact) mass is 227 g/mol. The Labute approximate surface area is 102 Å². The van der Waals surface area contributed by atoms with E-state index in [2.05, 4.69) is 23.3 Å². The predicted octanol–water partition coefficient (Wildman–Crippen LogP) is 2.73. The minimum Gasteiger partial charge on any atom is -0.376 e. The number of hydrogen-bond acceptors (Lipinski definition) is 3. The van der Waals surface area contributed by atoms with E-state index in [1.54, 1.807) is 0 Å². The van der Waals surface area contributed by atoms with Crippen molar-refractivity contribution >= 4 is 11.4 Å². The van der Waals surface area contributed by atoms with Gasteiger partial charge in [-0.15, -0.1) is 0 Å². The van der Waals surface area contributed by atoms with E-state index in [0.717, 1.165) is 17.8 Å². The van der Waals surface area contributed by atoms with Gasteiger partial charge in [-0.2, -0.15) is 5.26 Å². The van der Waals surface area contributed by atoms with Crippen molar-refractivity contribution in [2.45, 2.75) is 31.2 Å². The van der Waals surface area contributed by atoms with E-state index in [4.69, 9.17) is 5.26 Å². The largest absolute Gasteiger partial charge is 0.376 e. The molecule has 3 nitrogen and oxygen atoms in total. The molecular formula is C14H17N3. The van der Waals surface area contributed by atoms with Gasteiger partial charge in [0.2, 0.25) is 0 Å². The number of likely N-dealkylation sites (N-methyl/N-ethyl adjacent to an activating group) is 1. The number of nitrogens with zero attached hydrogens (tertiary/aromatic N) is 2. The summed E-state index contributed by atoms with van der Waals surface area (Å²) < 4.78 is 0. The molecule has 1 spiro atoms. The first kappa shape index (κ1) is 10.5. The van der Waals surface area contributed by atoms with Crippen LogP contribution in [-0.4, -0.2) is 19.1 Å². The summed E-state index contributed by atoms with van der Waals surface area (Å²) >= 11 is 0. The van der Waals surface area contributed by atoms with E-state index < -0.39 is 0 Å². The van der Waals surface area contributed by atoms with Crippen molar-refractivity contribution in [2.75, 3.05) is 23.8 Å². The van der Waals surface area contributed by atoms with Crippen LogP contribution in [0.1, 0.15) is 31.2 Å². The highest BCUT2D eigenvalue weighted by Crippen LogP contribution is 2.41. The third kappa shape index (κ3) is 1.64. The summed E-state index contributed by atoms with van der Waals surface area (Å²) in [5.74, 6) is 0. The molecule has 1 N–H and O–H groups in total. The number of nitriles is 1. The maximum atomic E-state index is 8.97. The van der Waals surface area contributed by atoms with Crippen LogP contribution in [0.2, 0.25) is 0 Å². The standard InChI is InChI=1S/C14H17N3/c1-17-10-14(6-2-3-7-14)16-12-8-11(9-15)4-5-13(12)17/h4-5,8,16H,2-3,6-7,10H2,1H3. The first-order valence-corrected chi connectivity index (χ1v) is 6.26. The summed E-state index contributed by atoms with van der Waals surface area (Å²) in [4.78, 5) is 2.32. The summed E-state index contributed by atoms with van der Waals surface area (Å²) in [6, 6.07) is 8.13. The summed E-state index contributed by atoms with van der Waals surface area (Å²) in [5, 5.41) is 12.7. The molecule has 0 atom stereocenters. The Balaban J connectivity index is 2.01. The topological polar surface area (TPSA) is 39.1 Å². The molecule has 1 fully saturated rings. The fourth-order valence-corrected chi connectivity index (χ4v) is 3.24. The van der Waals surface area contributed by atoms with Crippen LogP contribution in [0.5, 0.6) is 0 Å². The molecule has 3 rings (SSSR count). The minimum absolute atomic E-state index is 0.246. The second-order valence-electron chi connectivity index (χ2n) is 5.31. The zero-order valence-corrected chi connectivity index (χ0v) is 10.2. The zero-order chi connectivity index (χ0) is 11.9. The molecule has 1 saturated carbocycles. The van der Waals surface area contributed by atoms with E-state index in [0.29, 0.717) is 0 Å². The van der Waals surface area contributed by atoms with Gasteiger partial charge in [0.25, 0.3) is 0 Å². The predicted molar refractivity (Wildman–Crippen MR) is 69.2 cm³/mol. The van der Waals surface area contributed by atoms with E-state index in [1.807, 2.05) is 18.2 Å². The number of anilines is 2. The SMILES string of the molecule is CN1CC2(CCCC2)Nc2cc(C#N)ccc21. The number of rotatable bonds is 0. The maximum absolute atomic E-state index is 8.97. The highest BCUT2D eigenvalue weighted by molar-refractivity contribution is 5.75. The van der Waals surface area contributed by atoms with Gasteiger partial charge in [0, 0.05) is 13.6 Å². The lowest BCUT2D eigenvalue weighted by Crippen LogP contribution is -2.49. The Morgan fingerprint density at radius 2 is 2.12 bits per heavy atom. The van der Waals surface area contributed by atoms with Crippen molar-refractivity contribution in [2.24, 2.45) is 0 Å². The molecule has 0 bridgehead atoms. The van der Waals surface area contributed by atoms with E-state index in [9.17, 15) is 0 Å². The van der Waals surface area contributed by atoms with Crippen molar-refractivity contribution in [3.05, 3.63) is 23.8 Å². The van der Waals surface area contributed by atoms with Gasteiger partial charge in [-0.3, -0.25) is 0 Å². The molecule has 0 unspecified atom stereocenters. The molecule has 0 saturated heterocycles. The zero-order valence-electron chi connectivity index (χ0n) is 10.2. The molecule has 17 heavy (non-hydrogen) atoms. The fraction of sp³-hybridized carbons (Fsp3) is 0.500. The lowest BCUT2D eigenvalue weighted by molar-refractivity contribution is 0.472. The average Bonchev–Trinajstić information content (AvgIpc) is 2.76. The van der Waals surface area contributed by atoms with Gasteiger partial charge in [0.15, 0.2) is 0 Å². The summed E-state index contributed by atoms with van der Waals surface area (Å²) in [5.41, 5.74) is 3.32. The van der Waals surface area contributed by atoms with Gasteiger partial charge in [-0.05, 0) is 31.0 Å². The average molecular weight is 227 g/mol. The van der Waals surface area contributed by atoms with E-state index in [1.165, 1.54) is 31.4 Å². The molecule has 1 aromatic carbocycles. The maximum Gasteiger partial charge on any atom is 0.0992 e. The number of nitrogens with one attached hydrogen (secondary N) is 1. The number of benzene rings is 1. The van der Waals surface area contributed by atoms with Gasteiger partial charge >= 0.3 is 0 Å². The summed E-state index contributed by atoms with van der Waals surface area (Å²) in [6.07, 6.45) is 5.11. The quantitative estimate of drug-likeness (QED) is 0.740. The normalized spacial score (nSPS) is 20.8. The number of fused-ring (bicyclic) bond motifs is 1. The van der Waals surface area contributed by atoms with Crippen LogP contribution in [0.4, 0.5) is 11.4 Å². The Bertz CT molecular complexity index is 481. The van der Waals surface area contributed by atoms with Gasteiger partial charge in [0.05, 0.1) is 28.5 Å². The van der Waals surface area contributed by atoms with Crippen molar-refractivity contribution in [3.8, 4) is 6.07 Å². The molecule has 1 aromatic rings. The molecule has 88 valence electrons. The van der Waals surface area contributed by atoms with Crippen LogP contribution in [0, 0.1) is 11.3 Å². The lowest BCUT2D eigenvalue weighted by atomic mass is 9.93. The van der Waals surface area contributed by atoms with E-state index >= 15 is 0 Å². The third-order valence-electron chi connectivity index (χ3n) is 4.04. The van der Waals surface area contributed by atoms with Crippen LogP contribution in [-0.2, 0) is 0 Å². The van der Waals surface area contributed by atoms with Crippen LogP contribution >= 0.6 is 0 Å². The number of hydrogen-bond donors (Lipinski definition) is 1. The first-order valence-electron chi connectivity index (χ1n) is 6.26. The Morgan fingerprint density at radius 1 is 1.35 bits per heavy atom. The Hall–Kier alpha value is -1.69. The van der Waals surface area contributed by atoms with Gasteiger partial charge in [-0.25, -0.2) is 0 Å². The van der Waals surface area contributed by atoms with Crippen molar-refractivity contribution in [1.29, 1.82) is 5.26 Å². The molecule has 0 amide bonds. The highest BCUT2D eigenvalue weighted by Gasteiger charge is 2.38. The van der Waals surface area contributed by atoms with Gasteiger partial charge in [-0.1, -0.05) is 12.8 Å². The third-order valence-corrected chi connectivity index (χ3v) is 4.04. The molecule has 0 radical (unpaired) electrons. The van der Waals surface area contributed by atoms with Crippen molar-refractivity contribution in [3.63, 3.8) is 0 Å². The van der Waals surface area contributed by atoms with Gasteiger partial charge in [0.1, 0.15) is 0 Å². The van der Waals surface area contributed by atoms with Crippen LogP contribution in [0.25, 0.3) is 0 Å². The molecule has 2 aliphatic rings. The highest BCUT2D eigenvalue weighted by atomic mass is 15.2. The van der Waals surface area contributed by atoms with Crippen molar-refractivity contribution in [1.82, 2.24) is 0 Å². The minimum atomic E-state index is 0.246. The smallest absolute Gasteiger partial charge is 0.0992 e.